The van der Waals surface area contributed by atoms with E-state index in [4.69, 9.17) is 0 Å². The normalized spacial score (nSPS) is 20.4. The third-order valence-corrected chi connectivity index (χ3v) is 5.77. The van der Waals surface area contributed by atoms with Gasteiger partial charge >= 0.3 is 0 Å². The number of fused-ring (bicyclic) bond motifs is 4. The predicted molar refractivity (Wildman–Crippen MR) is 106 cm³/mol. The highest BCUT2D eigenvalue weighted by Crippen LogP contribution is 2.35. The standard InChI is InChI=1S/C19H21N5O3S/c1-28-11-17(25)22-14-2-3-16-13-6-12(9-24(16)19(14)27)8-23(10-13)18(26)15-7-20-4-5-21-15/h2-5,7,12-13H,6,8-11H2,1H3,(H,22,25)/t12-,13+/m0/s1. The molecule has 0 radical (unpaired) electrons. The molecule has 28 heavy (non-hydrogen) atoms. The molecule has 2 amide bonds. The zero-order chi connectivity index (χ0) is 19.7. The van der Waals surface area contributed by atoms with Crippen LogP contribution in [0.1, 0.15) is 28.5 Å². The minimum Gasteiger partial charge on any atom is -0.336 e. The first-order chi connectivity index (χ1) is 13.6. The molecule has 2 atom stereocenters. The summed E-state index contributed by atoms with van der Waals surface area (Å²) in [5.74, 6) is 0.297. The summed E-state index contributed by atoms with van der Waals surface area (Å²) in [7, 11) is 0. The van der Waals surface area contributed by atoms with Crippen LogP contribution in [0, 0.1) is 5.92 Å². The van der Waals surface area contributed by atoms with Crippen LogP contribution < -0.4 is 10.9 Å². The van der Waals surface area contributed by atoms with Crippen LogP contribution in [0.3, 0.4) is 0 Å². The van der Waals surface area contributed by atoms with Crippen LogP contribution in [0.4, 0.5) is 5.69 Å². The van der Waals surface area contributed by atoms with E-state index in [1.807, 2.05) is 17.2 Å². The second-order valence-corrected chi connectivity index (χ2v) is 8.03. The Morgan fingerprint density at radius 2 is 2.11 bits per heavy atom. The molecule has 9 heteroatoms. The summed E-state index contributed by atoms with van der Waals surface area (Å²) in [5.41, 5.74) is 1.40. The van der Waals surface area contributed by atoms with Gasteiger partial charge < -0.3 is 14.8 Å². The lowest BCUT2D eigenvalue weighted by molar-refractivity contribution is -0.113. The van der Waals surface area contributed by atoms with E-state index in [2.05, 4.69) is 15.3 Å². The number of carbonyl (C=O) groups is 2. The van der Waals surface area contributed by atoms with E-state index in [1.54, 1.807) is 16.8 Å². The van der Waals surface area contributed by atoms with Gasteiger partial charge in [-0.05, 0) is 30.7 Å². The topological polar surface area (TPSA) is 97.2 Å². The van der Waals surface area contributed by atoms with Crippen molar-refractivity contribution in [3.8, 4) is 0 Å². The molecule has 146 valence electrons. The molecule has 4 rings (SSSR count). The van der Waals surface area contributed by atoms with Crippen LogP contribution in [-0.4, -0.2) is 56.3 Å². The maximum Gasteiger partial charge on any atom is 0.274 e. The molecule has 4 heterocycles. The average molecular weight is 399 g/mol. The molecular formula is C19H21N5O3S. The van der Waals surface area contributed by atoms with Crippen molar-refractivity contribution in [3.05, 3.63) is 52.5 Å². The van der Waals surface area contributed by atoms with Crippen molar-refractivity contribution >= 4 is 29.3 Å². The maximum atomic E-state index is 12.9. The Bertz CT molecular complexity index is 962. The van der Waals surface area contributed by atoms with Crippen molar-refractivity contribution < 1.29 is 9.59 Å². The smallest absolute Gasteiger partial charge is 0.274 e. The number of amides is 2. The summed E-state index contributed by atoms with van der Waals surface area (Å²) >= 11 is 1.41. The lowest BCUT2D eigenvalue weighted by Gasteiger charge is -2.42. The minimum absolute atomic E-state index is 0.0942. The van der Waals surface area contributed by atoms with E-state index in [0.717, 1.165) is 12.1 Å². The number of likely N-dealkylation sites (tertiary alicyclic amines) is 1. The molecule has 1 saturated heterocycles. The van der Waals surface area contributed by atoms with Gasteiger partial charge in [0.2, 0.25) is 5.91 Å². The van der Waals surface area contributed by atoms with Crippen molar-refractivity contribution in [1.29, 1.82) is 0 Å². The number of carbonyl (C=O) groups excluding carboxylic acids is 2. The first-order valence-corrected chi connectivity index (χ1v) is 10.5. The Hall–Kier alpha value is -2.68. The molecule has 0 unspecified atom stereocenters. The molecular weight excluding hydrogens is 378 g/mol. The number of nitrogens with one attached hydrogen (secondary N) is 1. The van der Waals surface area contributed by atoms with Crippen LogP contribution in [0.15, 0.2) is 35.5 Å². The summed E-state index contributed by atoms with van der Waals surface area (Å²) in [6.45, 7) is 1.67. The van der Waals surface area contributed by atoms with Crippen LogP contribution in [0.5, 0.6) is 0 Å². The van der Waals surface area contributed by atoms with Gasteiger partial charge in [-0.1, -0.05) is 0 Å². The molecule has 0 saturated carbocycles. The van der Waals surface area contributed by atoms with Gasteiger partial charge in [-0.2, -0.15) is 11.8 Å². The zero-order valence-corrected chi connectivity index (χ0v) is 16.3. The number of pyridine rings is 1. The van der Waals surface area contributed by atoms with Gasteiger partial charge in [-0.25, -0.2) is 4.98 Å². The molecule has 1 fully saturated rings. The van der Waals surface area contributed by atoms with Crippen LogP contribution >= 0.6 is 11.8 Å². The highest BCUT2D eigenvalue weighted by atomic mass is 32.2. The van der Waals surface area contributed by atoms with Crippen molar-refractivity contribution in [3.63, 3.8) is 0 Å². The summed E-state index contributed by atoms with van der Waals surface area (Å²) in [5, 5.41) is 2.70. The monoisotopic (exact) mass is 399 g/mol. The van der Waals surface area contributed by atoms with E-state index in [0.29, 0.717) is 36.8 Å². The molecule has 2 aromatic rings. The minimum atomic E-state index is -0.179. The summed E-state index contributed by atoms with van der Waals surface area (Å²) in [6, 6.07) is 3.57. The van der Waals surface area contributed by atoms with Crippen molar-refractivity contribution in [1.82, 2.24) is 19.4 Å². The highest BCUT2D eigenvalue weighted by Gasteiger charge is 2.37. The fraction of sp³-hybridized carbons (Fsp3) is 0.421. The third kappa shape index (κ3) is 3.54. The molecule has 2 bridgehead atoms. The first kappa shape index (κ1) is 18.7. The van der Waals surface area contributed by atoms with Crippen molar-refractivity contribution in [2.24, 2.45) is 5.92 Å². The van der Waals surface area contributed by atoms with Crippen LogP contribution in [0.25, 0.3) is 0 Å². The van der Waals surface area contributed by atoms with E-state index in [1.165, 1.54) is 24.2 Å². The number of anilines is 1. The van der Waals surface area contributed by atoms with E-state index in [9.17, 15) is 14.4 Å². The van der Waals surface area contributed by atoms with E-state index in [-0.39, 0.29) is 29.2 Å². The molecule has 2 aromatic heterocycles. The maximum absolute atomic E-state index is 12.9. The fourth-order valence-electron chi connectivity index (χ4n) is 4.10. The summed E-state index contributed by atoms with van der Waals surface area (Å²) < 4.78 is 1.76. The quantitative estimate of drug-likeness (QED) is 0.830. The van der Waals surface area contributed by atoms with Crippen LogP contribution in [-0.2, 0) is 11.3 Å². The SMILES string of the molecule is CSCC(=O)Nc1ccc2n(c1=O)C[C@H]1C[C@@H]2CN(C(=O)c2cnccn2)C1. The molecule has 0 spiro atoms. The molecule has 8 nitrogen and oxygen atoms in total. The Kier molecular flexibility index (Phi) is 5.17. The van der Waals surface area contributed by atoms with Crippen molar-refractivity contribution in [2.75, 3.05) is 30.4 Å². The van der Waals surface area contributed by atoms with E-state index >= 15 is 0 Å². The molecule has 1 N–H and O–H groups in total. The fourth-order valence-corrected chi connectivity index (χ4v) is 4.43. The van der Waals surface area contributed by atoms with Crippen molar-refractivity contribution in [2.45, 2.75) is 18.9 Å². The molecule has 2 aliphatic rings. The summed E-state index contributed by atoms with van der Waals surface area (Å²) in [6.07, 6.45) is 7.32. The highest BCUT2D eigenvalue weighted by molar-refractivity contribution is 7.99. The van der Waals surface area contributed by atoms with Gasteiger partial charge in [0.25, 0.3) is 11.5 Å². The van der Waals surface area contributed by atoms with Gasteiger partial charge in [0, 0.05) is 43.6 Å². The number of nitrogens with zero attached hydrogens (tertiary/aromatic N) is 4. The summed E-state index contributed by atoms with van der Waals surface area (Å²) in [4.78, 5) is 47.4. The van der Waals surface area contributed by atoms with Crippen LogP contribution in [0.2, 0.25) is 0 Å². The Morgan fingerprint density at radius 3 is 2.86 bits per heavy atom. The molecule has 2 aliphatic heterocycles. The largest absolute Gasteiger partial charge is 0.336 e. The second-order valence-electron chi connectivity index (χ2n) is 7.17. The number of hydrogen-bond acceptors (Lipinski definition) is 6. The lowest BCUT2D eigenvalue weighted by atomic mass is 9.83. The average Bonchev–Trinajstić information content (AvgIpc) is 2.70. The number of piperidine rings is 1. The Labute approximate surface area is 166 Å². The van der Waals surface area contributed by atoms with E-state index < -0.39 is 0 Å². The Balaban J connectivity index is 1.57. The first-order valence-electron chi connectivity index (χ1n) is 9.14. The third-order valence-electron chi connectivity index (χ3n) is 5.22. The number of rotatable bonds is 4. The number of aromatic nitrogens is 3. The number of hydrogen-bond donors (Lipinski definition) is 1. The van der Waals surface area contributed by atoms with Gasteiger partial charge in [0.1, 0.15) is 11.4 Å². The second kappa shape index (κ2) is 7.75. The predicted octanol–water partition coefficient (Wildman–Crippen LogP) is 1.20. The zero-order valence-electron chi connectivity index (χ0n) is 15.5. The van der Waals surface area contributed by atoms with Gasteiger partial charge in [-0.3, -0.25) is 19.4 Å². The van der Waals surface area contributed by atoms with Gasteiger partial charge in [0.05, 0.1) is 11.9 Å². The van der Waals surface area contributed by atoms with Gasteiger partial charge in [-0.15, -0.1) is 0 Å². The Morgan fingerprint density at radius 1 is 1.25 bits per heavy atom. The molecule has 0 aliphatic carbocycles. The lowest BCUT2D eigenvalue weighted by Crippen LogP contribution is -2.49. The molecule has 0 aromatic carbocycles. The number of thioether (sulfide) groups is 1. The van der Waals surface area contributed by atoms with Gasteiger partial charge in [0.15, 0.2) is 0 Å².